The molecular weight excluding hydrogens is 257 g/mol. The van der Waals surface area contributed by atoms with Crippen molar-refractivity contribution in [3.05, 3.63) is 42.5 Å². The highest BCUT2D eigenvalue weighted by Crippen LogP contribution is 2.34. The fraction of sp³-hybridized carbons (Fsp3) is 0.357. The molecule has 19 heavy (non-hydrogen) atoms. The van der Waals surface area contributed by atoms with Crippen LogP contribution in [0, 0.1) is 5.92 Å². The SMILES string of the molecule is C=C(CC(C(=O)OCC)C(F)(F)F)c1ccccc1. The topological polar surface area (TPSA) is 26.3 Å². The van der Waals surface area contributed by atoms with Crippen LogP contribution in [0.5, 0.6) is 0 Å². The van der Waals surface area contributed by atoms with Crippen molar-refractivity contribution >= 4 is 11.5 Å². The van der Waals surface area contributed by atoms with Crippen molar-refractivity contribution in [2.45, 2.75) is 19.5 Å². The highest BCUT2D eigenvalue weighted by atomic mass is 19.4. The minimum absolute atomic E-state index is 0.0801. The van der Waals surface area contributed by atoms with Crippen LogP contribution in [-0.4, -0.2) is 18.8 Å². The van der Waals surface area contributed by atoms with Gasteiger partial charge in [-0.05, 0) is 24.5 Å². The van der Waals surface area contributed by atoms with Crippen LogP contribution >= 0.6 is 0 Å². The summed E-state index contributed by atoms with van der Waals surface area (Å²) in [5, 5.41) is 0. The van der Waals surface area contributed by atoms with Crippen LogP contribution in [-0.2, 0) is 9.53 Å². The molecule has 0 saturated carbocycles. The van der Waals surface area contributed by atoms with Gasteiger partial charge in [-0.15, -0.1) is 0 Å². The zero-order valence-corrected chi connectivity index (χ0v) is 10.5. The number of carbonyl (C=O) groups excluding carboxylic acids is 1. The van der Waals surface area contributed by atoms with E-state index in [1.54, 1.807) is 30.3 Å². The molecule has 0 aliphatic heterocycles. The lowest BCUT2D eigenvalue weighted by atomic mass is 9.95. The van der Waals surface area contributed by atoms with Gasteiger partial charge in [0.05, 0.1) is 6.61 Å². The van der Waals surface area contributed by atoms with E-state index in [0.29, 0.717) is 5.56 Å². The fourth-order valence-electron chi connectivity index (χ4n) is 1.61. The number of rotatable bonds is 5. The molecular formula is C14H15F3O2. The number of allylic oxidation sites excluding steroid dienone is 1. The summed E-state index contributed by atoms with van der Waals surface area (Å²) in [7, 11) is 0. The van der Waals surface area contributed by atoms with Crippen LogP contribution in [0.15, 0.2) is 36.9 Å². The Labute approximate surface area is 109 Å². The number of halogens is 3. The molecule has 0 amide bonds. The molecule has 0 saturated heterocycles. The molecule has 0 N–H and O–H groups in total. The number of carbonyl (C=O) groups is 1. The van der Waals surface area contributed by atoms with Crippen molar-refractivity contribution in [2.75, 3.05) is 6.61 Å². The van der Waals surface area contributed by atoms with Crippen LogP contribution in [0.1, 0.15) is 18.9 Å². The summed E-state index contributed by atoms with van der Waals surface area (Å²) in [5.74, 6) is -3.42. The van der Waals surface area contributed by atoms with E-state index in [1.807, 2.05) is 0 Å². The highest BCUT2D eigenvalue weighted by molar-refractivity contribution is 5.77. The Kier molecular flexibility index (Phi) is 5.15. The maximum atomic E-state index is 12.8. The molecule has 1 rings (SSSR count). The second kappa shape index (κ2) is 6.41. The first-order valence-corrected chi connectivity index (χ1v) is 5.82. The summed E-state index contributed by atoms with van der Waals surface area (Å²) in [6.07, 6.45) is -5.13. The van der Waals surface area contributed by atoms with Crippen molar-refractivity contribution in [3.8, 4) is 0 Å². The minimum atomic E-state index is -4.63. The van der Waals surface area contributed by atoms with E-state index in [0.717, 1.165) is 0 Å². The molecule has 0 radical (unpaired) electrons. The number of hydrogen-bond acceptors (Lipinski definition) is 2. The summed E-state index contributed by atoms with van der Waals surface area (Å²) in [4.78, 5) is 11.4. The van der Waals surface area contributed by atoms with E-state index < -0.39 is 24.5 Å². The molecule has 2 nitrogen and oxygen atoms in total. The van der Waals surface area contributed by atoms with Crippen molar-refractivity contribution < 1.29 is 22.7 Å². The summed E-state index contributed by atoms with van der Waals surface area (Å²) >= 11 is 0. The van der Waals surface area contributed by atoms with Gasteiger partial charge in [0.25, 0.3) is 0 Å². The standard InChI is InChI=1S/C14H15F3O2/c1-3-19-13(18)12(14(15,16)17)9-10(2)11-7-5-4-6-8-11/h4-8,12H,2-3,9H2,1H3. The number of hydrogen-bond donors (Lipinski definition) is 0. The molecule has 1 atom stereocenters. The Hall–Kier alpha value is -1.78. The van der Waals surface area contributed by atoms with E-state index in [1.165, 1.54) is 6.92 Å². The number of benzene rings is 1. The van der Waals surface area contributed by atoms with E-state index in [2.05, 4.69) is 11.3 Å². The van der Waals surface area contributed by atoms with E-state index >= 15 is 0 Å². The number of ether oxygens (including phenoxy) is 1. The lowest BCUT2D eigenvalue weighted by Crippen LogP contribution is -2.32. The molecule has 1 aromatic carbocycles. The Balaban J connectivity index is 2.84. The molecule has 0 aliphatic carbocycles. The van der Waals surface area contributed by atoms with Gasteiger partial charge in [0.15, 0.2) is 5.92 Å². The minimum Gasteiger partial charge on any atom is -0.466 e. The lowest BCUT2D eigenvalue weighted by Gasteiger charge is -2.19. The molecule has 0 bridgehead atoms. The van der Waals surface area contributed by atoms with Gasteiger partial charge >= 0.3 is 12.1 Å². The molecule has 0 aliphatic rings. The van der Waals surface area contributed by atoms with Gasteiger partial charge in [-0.1, -0.05) is 36.9 Å². The van der Waals surface area contributed by atoms with Gasteiger partial charge < -0.3 is 4.74 Å². The maximum absolute atomic E-state index is 12.8. The summed E-state index contributed by atoms with van der Waals surface area (Å²) < 4.78 is 43.0. The number of esters is 1. The third-order valence-corrected chi connectivity index (χ3v) is 2.60. The number of alkyl halides is 3. The monoisotopic (exact) mass is 272 g/mol. The van der Waals surface area contributed by atoms with E-state index in [4.69, 9.17) is 0 Å². The first-order chi connectivity index (χ1) is 8.86. The second-order valence-electron chi connectivity index (χ2n) is 4.02. The third kappa shape index (κ3) is 4.43. The predicted molar refractivity (Wildman–Crippen MR) is 66.3 cm³/mol. The summed E-state index contributed by atoms with van der Waals surface area (Å²) in [6, 6.07) is 8.46. The predicted octanol–water partition coefficient (Wildman–Crippen LogP) is 3.83. The normalized spacial score (nSPS) is 12.8. The molecule has 1 aromatic rings. The Bertz CT molecular complexity index is 438. The Morgan fingerprint density at radius 3 is 2.37 bits per heavy atom. The Morgan fingerprint density at radius 2 is 1.89 bits per heavy atom. The van der Waals surface area contributed by atoms with Gasteiger partial charge in [0.2, 0.25) is 0 Å². The van der Waals surface area contributed by atoms with Crippen LogP contribution in [0.2, 0.25) is 0 Å². The van der Waals surface area contributed by atoms with Crippen LogP contribution in [0.3, 0.4) is 0 Å². The molecule has 104 valence electrons. The first-order valence-electron chi connectivity index (χ1n) is 5.82. The molecule has 1 unspecified atom stereocenters. The molecule has 0 spiro atoms. The van der Waals surface area contributed by atoms with Crippen molar-refractivity contribution in [2.24, 2.45) is 5.92 Å². The first kappa shape index (κ1) is 15.3. The summed E-state index contributed by atoms with van der Waals surface area (Å²) in [6.45, 7) is 5.00. The largest absolute Gasteiger partial charge is 0.466 e. The zero-order valence-electron chi connectivity index (χ0n) is 10.5. The second-order valence-corrected chi connectivity index (χ2v) is 4.02. The van der Waals surface area contributed by atoms with E-state index in [-0.39, 0.29) is 12.2 Å². The molecule has 0 heterocycles. The van der Waals surface area contributed by atoms with Crippen LogP contribution in [0.4, 0.5) is 13.2 Å². The van der Waals surface area contributed by atoms with Crippen LogP contribution < -0.4 is 0 Å². The highest BCUT2D eigenvalue weighted by Gasteiger charge is 2.46. The fourth-order valence-corrected chi connectivity index (χ4v) is 1.61. The van der Waals surface area contributed by atoms with Crippen LogP contribution in [0.25, 0.3) is 5.57 Å². The van der Waals surface area contributed by atoms with Gasteiger partial charge in [-0.3, -0.25) is 4.79 Å². The van der Waals surface area contributed by atoms with Crippen molar-refractivity contribution in [1.82, 2.24) is 0 Å². The quantitative estimate of drug-likeness (QED) is 0.761. The van der Waals surface area contributed by atoms with E-state index in [9.17, 15) is 18.0 Å². The lowest BCUT2D eigenvalue weighted by molar-refractivity contribution is -0.196. The molecule has 0 fully saturated rings. The van der Waals surface area contributed by atoms with Crippen molar-refractivity contribution in [1.29, 1.82) is 0 Å². The van der Waals surface area contributed by atoms with Gasteiger partial charge in [-0.2, -0.15) is 13.2 Å². The average Bonchev–Trinajstić information content (AvgIpc) is 2.35. The smallest absolute Gasteiger partial charge is 0.402 e. The molecule has 0 aromatic heterocycles. The summed E-state index contributed by atoms with van der Waals surface area (Å²) in [5.41, 5.74) is 0.844. The van der Waals surface area contributed by atoms with Crippen molar-refractivity contribution in [3.63, 3.8) is 0 Å². The molecule has 5 heteroatoms. The average molecular weight is 272 g/mol. The third-order valence-electron chi connectivity index (χ3n) is 2.60. The maximum Gasteiger partial charge on any atom is 0.402 e. The van der Waals surface area contributed by atoms with Gasteiger partial charge in [0, 0.05) is 0 Å². The van der Waals surface area contributed by atoms with Gasteiger partial charge in [0.1, 0.15) is 0 Å². The Morgan fingerprint density at radius 1 is 1.32 bits per heavy atom. The van der Waals surface area contributed by atoms with Gasteiger partial charge in [-0.25, -0.2) is 0 Å². The zero-order chi connectivity index (χ0) is 14.5.